The lowest BCUT2D eigenvalue weighted by Crippen LogP contribution is -2.42. The molecule has 0 radical (unpaired) electrons. The minimum absolute atomic E-state index is 0.00103. The van der Waals surface area contributed by atoms with Crippen molar-refractivity contribution in [3.05, 3.63) is 0 Å². The number of carbonyl (C=O) groups is 1. The van der Waals surface area contributed by atoms with Gasteiger partial charge in [-0.3, -0.25) is 4.79 Å². The summed E-state index contributed by atoms with van der Waals surface area (Å²) >= 11 is 6.45. The lowest BCUT2D eigenvalue weighted by molar-refractivity contribution is -0.162. The van der Waals surface area contributed by atoms with Crippen LogP contribution in [0.3, 0.4) is 0 Å². The van der Waals surface area contributed by atoms with Gasteiger partial charge in [0.1, 0.15) is 24.4 Å². The molecule has 6 heteroatoms. The fraction of sp³-hybridized carbons (Fsp3) is 0.938. The number of alkyl halides is 1. The molecular weight excluding hydrogens is 308 g/mol. The number of rotatable bonds is 4. The van der Waals surface area contributed by atoms with Crippen molar-refractivity contribution in [2.75, 3.05) is 0 Å². The second-order valence-corrected chi connectivity index (χ2v) is 7.74. The van der Waals surface area contributed by atoms with Gasteiger partial charge >= 0.3 is 5.97 Å². The highest BCUT2D eigenvalue weighted by molar-refractivity contribution is 6.23. The molecule has 3 rings (SSSR count). The van der Waals surface area contributed by atoms with E-state index in [1.54, 1.807) is 13.8 Å². The van der Waals surface area contributed by atoms with Gasteiger partial charge in [0.15, 0.2) is 0 Å². The quantitative estimate of drug-likeness (QED) is 0.484. The number of epoxide rings is 2. The lowest BCUT2D eigenvalue weighted by Gasteiger charge is -2.30. The first-order valence-electron chi connectivity index (χ1n) is 8.18. The molecule has 0 aliphatic carbocycles. The molecule has 3 heterocycles. The Balaban J connectivity index is 1.72. The van der Waals surface area contributed by atoms with Crippen molar-refractivity contribution in [3.63, 3.8) is 0 Å². The van der Waals surface area contributed by atoms with Crippen molar-refractivity contribution < 1.29 is 24.1 Å². The Bertz CT molecular complexity index is 440. The highest BCUT2D eigenvalue weighted by Gasteiger charge is 2.63. The van der Waals surface area contributed by atoms with Crippen LogP contribution in [0.1, 0.15) is 46.5 Å². The van der Waals surface area contributed by atoms with Crippen LogP contribution in [0.5, 0.6) is 0 Å². The van der Waals surface area contributed by atoms with Gasteiger partial charge in [0.05, 0.1) is 23.0 Å². The van der Waals surface area contributed by atoms with E-state index in [2.05, 4.69) is 0 Å². The molecule has 0 aromatic heterocycles. The van der Waals surface area contributed by atoms with Gasteiger partial charge in [-0.15, -0.1) is 11.6 Å². The molecule has 0 saturated carbocycles. The van der Waals surface area contributed by atoms with Gasteiger partial charge < -0.3 is 19.3 Å². The number of hydrogen-bond donors (Lipinski definition) is 1. The largest absolute Gasteiger partial charge is 0.462 e. The van der Waals surface area contributed by atoms with Crippen molar-refractivity contribution in [2.45, 2.75) is 88.5 Å². The van der Waals surface area contributed by atoms with E-state index in [0.717, 1.165) is 6.42 Å². The van der Waals surface area contributed by atoms with E-state index in [1.807, 2.05) is 6.92 Å². The van der Waals surface area contributed by atoms with Crippen LogP contribution >= 0.6 is 11.6 Å². The predicted octanol–water partition coefficient (Wildman–Crippen LogP) is 2.02. The number of cyclic esters (lactones) is 1. The third kappa shape index (κ3) is 3.14. The Morgan fingerprint density at radius 1 is 1.32 bits per heavy atom. The standard InChI is InChI=1S/C16H25ClO5/c1-4-5-8(18)6-9-7-10-11(21-10)12-13(22-12)14(17)16(2,3)15(19)20-9/h8-14,18H,4-7H2,1-3H3/t8-,9+,10-,11-,12-,13-,14+/m0/s1. The van der Waals surface area contributed by atoms with E-state index in [1.165, 1.54) is 0 Å². The number of hydrogen-bond acceptors (Lipinski definition) is 5. The second kappa shape index (κ2) is 5.93. The summed E-state index contributed by atoms with van der Waals surface area (Å²) in [5.41, 5.74) is -0.823. The highest BCUT2D eigenvalue weighted by Crippen LogP contribution is 2.48. The van der Waals surface area contributed by atoms with E-state index in [0.29, 0.717) is 19.3 Å². The first-order valence-corrected chi connectivity index (χ1v) is 8.62. The van der Waals surface area contributed by atoms with E-state index in [9.17, 15) is 9.90 Å². The van der Waals surface area contributed by atoms with Crippen molar-refractivity contribution in [3.8, 4) is 0 Å². The number of fused-ring (bicyclic) bond motifs is 3. The van der Waals surface area contributed by atoms with Crippen LogP contribution in [0.25, 0.3) is 0 Å². The topological polar surface area (TPSA) is 71.6 Å². The molecule has 0 aromatic carbocycles. The molecule has 5 nitrogen and oxygen atoms in total. The van der Waals surface area contributed by atoms with E-state index < -0.39 is 16.9 Å². The number of halogens is 1. The monoisotopic (exact) mass is 332 g/mol. The lowest BCUT2D eigenvalue weighted by atomic mass is 9.85. The highest BCUT2D eigenvalue weighted by atomic mass is 35.5. The first kappa shape index (κ1) is 16.5. The van der Waals surface area contributed by atoms with E-state index in [4.69, 9.17) is 25.8 Å². The molecule has 0 amide bonds. The van der Waals surface area contributed by atoms with Crippen LogP contribution in [0.15, 0.2) is 0 Å². The Kier molecular flexibility index (Phi) is 4.45. The molecule has 3 aliphatic rings. The van der Waals surface area contributed by atoms with Gasteiger partial charge in [-0.1, -0.05) is 13.3 Å². The Hall–Kier alpha value is -0.360. The summed E-state index contributed by atoms with van der Waals surface area (Å²) in [4.78, 5) is 12.5. The summed E-state index contributed by atoms with van der Waals surface area (Å²) in [5, 5.41) is 9.60. The molecule has 126 valence electrons. The molecule has 22 heavy (non-hydrogen) atoms. The zero-order valence-electron chi connectivity index (χ0n) is 13.3. The third-order valence-electron chi connectivity index (χ3n) is 4.94. The van der Waals surface area contributed by atoms with Gasteiger partial charge in [-0.25, -0.2) is 0 Å². The van der Waals surface area contributed by atoms with Gasteiger partial charge in [0.2, 0.25) is 0 Å². The van der Waals surface area contributed by atoms with Gasteiger partial charge in [0, 0.05) is 12.8 Å². The molecule has 0 bridgehead atoms. The maximum atomic E-state index is 12.5. The zero-order chi connectivity index (χ0) is 16.1. The van der Waals surface area contributed by atoms with Gasteiger partial charge in [0.25, 0.3) is 0 Å². The fourth-order valence-corrected chi connectivity index (χ4v) is 3.60. The van der Waals surface area contributed by atoms with Crippen molar-refractivity contribution in [1.82, 2.24) is 0 Å². The summed E-state index contributed by atoms with van der Waals surface area (Å²) in [6.45, 7) is 5.60. The minimum Gasteiger partial charge on any atom is -0.462 e. The van der Waals surface area contributed by atoms with Crippen molar-refractivity contribution in [2.24, 2.45) is 5.41 Å². The number of aliphatic hydroxyl groups excluding tert-OH is 1. The van der Waals surface area contributed by atoms with Crippen LogP contribution in [-0.4, -0.2) is 53.1 Å². The summed E-state index contributed by atoms with van der Waals surface area (Å²) < 4.78 is 17.0. The maximum Gasteiger partial charge on any atom is 0.313 e. The predicted molar refractivity (Wildman–Crippen MR) is 80.8 cm³/mol. The van der Waals surface area contributed by atoms with E-state index >= 15 is 0 Å². The molecule has 7 atom stereocenters. The van der Waals surface area contributed by atoms with E-state index in [-0.39, 0.29) is 36.5 Å². The summed E-state index contributed by atoms with van der Waals surface area (Å²) in [5.74, 6) is -0.324. The number of aliphatic hydroxyl groups is 1. The normalized spacial score (nSPS) is 44.3. The molecule has 3 aliphatic heterocycles. The molecule has 0 unspecified atom stereocenters. The SMILES string of the molecule is CCC[C@H](O)C[C@@H]1C[C@@H]2O[C@@H]2[C@@H]2O[C@@H]2[C@@H](Cl)C(C)(C)C(=O)O1. The first-order chi connectivity index (χ1) is 10.3. The number of ether oxygens (including phenoxy) is 3. The average molecular weight is 333 g/mol. The fourth-order valence-electron chi connectivity index (χ4n) is 3.30. The van der Waals surface area contributed by atoms with Crippen LogP contribution < -0.4 is 0 Å². The third-order valence-corrected chi connectivity index (χ3v) is 5.73. The minimum atomic E-state index is -0.823. The summed E-state index contributed by atoms with van der Waals surface area (Å²) in [6.07, 6.45) is 1.86. The molecular formula is C16H25ClO5. The maximum absolute atomic E-state index is 12.5. The van der Waals surface area contributed by atoms with Crippen LogP contribution in [-0.2, 0) is 19.0 Å². The van der Waals surface area contributed by atoms with Gasteiger partial charge in [-0.2, -0.15) is 0 Å². The Morgan fingerprint density at radius 2 is 2.05 bits per heavy atom. The zero-order valence-corrected chi connectivity index (χ0v) is 14.1. The summed E-state index contributed by atoms with van der Waals surface area (Å²) in [6, 6.07) is 0. The molecule has 0 aromatic rings. The Labute approximate surface area is 136 Å². The van der Waals surface area contributed by atoms with Crippen molar-refractivity contribution in [1.29, 1.82) is 0 Å². The van der Waals surface area contributed by atoms with Crippen molar-refractivity contribution >= 4 is 17.6 Å². The number of esters is 1. The van der Waals surface area contributed by atoms with Crippen LogP contribution in [0.2, 0.25) is 0 Å². The van der Waals surface area contributed by atoms with Gasteiger partial charge in [-0.05, 0) is 20.3 Å². The average Bonchev–Trinajstić information content (AvgIpc) is 3.30. The number of carbonyl (C=O) groups excluding carboxylic acids is 1. The van der Waals surface area contributed by atoms with Crippen LogP contribution in [0, 0.1) is 5.41 Å². The molecule has 1 N–H and O–H groups in total. The molecule has 3 fully saturated rings. The smallest absolute Gasteiger partial charge is 0.313 e. The van der Waals surface area contributed by atoms with Crippen LogP contribution in [0.4, 0.5) is 0 Å². The summed E-state index contributed by atoms with van der Waals surface area (Å²) in [7, 11) is 0. The Morgan fingerprint density at radius 3 is 2.73 bits per heavy atom. The second-order valence-electron chi connectivity index (χ2n) is 7.27. The molecule has 0 spiro atoms. The molecule has 3 saturated heterocycles.